The van der Waals surface area contributed by atoms with Gasteiger partial charge < -0.3 is 0 Å². The molecule has 80 valence electrons. The highest BCUT2D eigenvalue weighted by Crippen LogP contribution is 2.07. The van der Waals surface area contributed by atoms with Gasteiger partial charge in [-0.25, -0.2) is 0 Å². The van der Waals surface area contributed by atoms with Gasteiger partial charge in [0.25, 0.3) is 0 Å². The van der Waals surface area contributed by atoms with Crippen LogP contribution in [0.5, 0.6) is 0 Å². The number of hydrogen-bond acceptors (Lipinski definition) is 2. The third-order valence-electron chi connectivity index (χ3n) is 2.07. The Labute approximate surface area is 93.4 Å². The van der Waals surface area contributed by atoms with Gasteiger partial charge in [0, 0.05) is 28.7 Å². The van der Waals surface area contributed by atoms with Crippen LogP contribution in [0, 0.1) is 18.3 Å². The van der Waals surface area contributed by atoms with E-state index in [1.165, 1.54) is 5.56 Å². The Morgan fingerprint density at radius 2 is 2.27 bits per heavy atom. The molecule has 0 aliphatic rings. The van der Waals surface area contributed by atoms with E-state index in [-0.39, 0.29) is 0 Å². The number of aryl methyl sites for hydroxylation is 1. The topological polar surface area (TPSA) is 40.9 Å². The van der Waals surface area contributed by atoms with E-state index in [1.807, 2.05) is 25.1 Å². The molecular weight excluding hydrogens is 206 g/mol. The quantitative estimate of drug-likeness (QED) is 0.717. The molecule has 0 amide bonds. The predicted molar refractivity (Wildman–Crippen MR) is 62.7 cm³/mol. The Morgan fingerprint density at radius 3 is 2.93 bits per heavy atom. The van der Waals surface area contributed by atoms with E-state index in [9.17, 15) is 4.21 Å². The summed E-state index contributed by atoms with van der Waals surface area (Å²) >= 11 is 0. The fourth-order valence-electron chi connectivity index (χ4n) is 1.37. The van der Waals surface area contributed by atoms with Crippen LogP contribution >= 0.6 is 0 Å². The van der Waals surface area contributed by atoms with Gasteiger partial charge in [-0.15, -0.1) is 0 Å². The zero-order chi connectivity index (χ0) is 11.1. The molecule has 2 nitrogen and oxygen atoms in total. The molecule has 1 aromatic carbocycles. The first-order valence-corrected chi connectivity index (χ1v) is 6.48. The zero-order valence-corrected chi connectivity index (χ0v) is 9.72. The van der Waals surface area contributed by atoms with Gasteiger partial charge in [0.15, 0.2) is 0 Å². The second-order valence-corrected chi connectivity index (χ2v) is 5.12. The molecule has 0 heterocycles. The summed E-state index contributed by atoms with van der Waals surface area (Å²) in [5.74, 6) is 1.23. The van der Waals surface area contributed by atoms with Crippen molar-refractivity contribution in [3.05, 3.63) is 35.4 Å². The minimum atomic E-state index is -0.832. The highest BCUT2D eigenvalue weighted by atomic mass is 32.2. The normalized spacial score (nSPS) is 12.0. The largest absolute Gasteiger partial charge is 0.259 e. The molecule has 0 saturated heterocycles. The maximum Gasteiger partial charge on any atom is 0.0622 e. The predicted octanol–water partition coefficient (Wildman–Crippen LogP) is 2.55. The van der Waals surface area contributed by atoms with Gasteiger partial charge in [-0.05, 0) is 18.9 Å². The first kappa shape index (κ1) is 11.9. The van der Waals surface area contributed by atoms with Gasteiger partial charge in [0.1, 0.15) is 0 Å². The highest BCUT2D eigenvalue weighted by molar-refractivity contribution is 7.84. The molecular formula is C12H15NOS. The molecule has 0 fully saturated rings. The van der Waals surface area contributed by atoms with Gasteiger partial charge in [0.2, 0.25) is 0 Å². The number of nitrogens with zero attached hydrogens (tertiary/aromatic N) is 1. The Hall–Kier alpha value is -1.14. The number of benzene rings is 1. The fraction of sp³-hybridized carbons (Fsp3) is 0.417. The molecule has 1 atom stereocenters. The van der Waals surface area contributed by atoms with Gasteiger partial charge in [-0.1, -0.05) is 29.8 Å². The van der Waals surface area contributed by atoms with Crippen molar-refractivity contribution in [3.8, 4) is 6.07 Å². The molecule has 1 rings (SSSR count). The van der Waals surface area contributed by atoms with Crippen molar-refractivity contribution < 1.29 is 4.21 Å². The lowest BCUT2D eigenvalue weighted by Crippen LogP contribution is -2.00. The van der Waals surface area contributed by atoms with Gasteiger partial charge in [-0.3, -0.25) is 4.21 Å². The lowest BCUT2D eigenvalue weighted by Gasteiger charge is -2.02. The molecule has 0 spiro atoms. The van der Waals surface area contributed by atoms with Crippen LogP contribution in [0.1, 0.15) is 24.0 Å². The first-order valence-electron chi connectivity index (χ1n) is 5.00. The molecule has 0 aliphatic carbocycles. The lowest BCUT2D eigenvalue weighted by atomic mass is 10.2. The van der Waals surface area contributed by atoms with E-state index in [0.717, 1.165) is 12.0 Å². The van der Waals surface area contributed by atoms with Crippen molar-refractivity contribution >= 4 is 10.8 Å². The molecule has 1 unspecified atom stereocenters. The van der Waals surface area contributed by atoms with Crippen LogP contribution < -0.4 is 0 Å². The second-order valence-electron chi connectivity index (χ2n) is 3.54. The molecule has 15 heavy (non-hydrogen) atoms. The average molecular weight is 221 g/mol. The van der Waals surface area contributed by atoms with Crippen molar-refractivity contribution in [1.82, 2.24) is 0 Å². The zero-order valence-electron chi connectivity index (χ0n) is 8.90. The van der Waals surface area contributed by atoms with E-state index in [1.54, 1.807) is 0 Å². The van der Waals surface area contributed by atoms with E-state index in [0.29, 0.717) is 17.9 Å². The Morgan fingerprint density at radius 1 is 1.47 bits per heavy atom. The number of hydrogen-bond donors (Lipinski definition) is 0. The summed E-state index contributed by atoms with van der Waals surface area (Å²) in [6, 6.07) is 10.1. The van der Waals surface area contributed by atoms with Gasteiger partial charge in [0.05, 0.1) is 6.07 Å². The molecule has 0 aromatic heterocycles. The van der Waals surface area contributed by atoms with E-state index in [4.69, 9.17) is 5.26 Å². The monoisotopic (exact) mass is 221 g/mol. The van der Waals surface area contributed by atoms with Crippen molar-refractivity contribution in [1.29, 1.82) is 5.26 Å². The van der Waals surface area contributed by atoms with Crippen LogP contribution in [-0.2, 0) is 16.6 Å². The molecule has 0 radical (unpaired) electrons. The molecule has 0 aliphatic heterocycles. The van der Waals surface area contributed by atoms with Crippen LogP contribution in [0.25, 0.3) is 0 Å². The number of rotatable bonds is 5. The summed E-state index contributed by atoms with van der Waals surface area (Å²) in [6.45, 7) is 2.03. The summed E-state index contributed by atoms with van der Waals surface area (Å²) in [4.78, 5) is 0. The number of nitriles is 1. The smallest absolute Gasteiger partial charge is 0.0622 e. The number of unbranched alkanes of at least 4 members (excludes halogenated alkanes) is 1. The van der Waals surface area contributed by atoms with E-state index < -0.39 is 10.8 Å². The van der Waals surface area contributed by atoms with Crippen molar-refractivity contribution in [3.63, 3.8) is 0 Å². The highest BCUT2D eigenvalue weighted by Gasteiger charge is 2.01. The van der Waals surface area contributed by atoms with Crippen LogP contribution in [0.4, 0.5) is 0 Å². The SMILES string of the molecule is Cc1cccc(CS(=O)CCCC#N)c1. The third-order valence-corrected chi connectivity index (χ3v) is 3.47. The van der Waals surface area contributed by atoms with Gasteiger partial charge >= 0.3 is 0 Å². The second kappa shape index (κ2) is 6.36. The summed E-state index contributed by atoms with van der Waals surface area (Å²) in [5.41, 5.74) is 2.31. The van der Waals surface area contributed by atoms with Crippen molar-refractivity contribution in [2.24, 2.45) is 0 Å². The maximum atomic E-state index is 11.6. The molecule has 0 saturated carbocycles. The summed E-state index contributed by atoms with van der Waals surface area (Å²) < 4.78 is 11.6. The summed E-state index contributed by atoms with van der Waals surface area (Å²) in [5, 5.41) is 8.36. The molecule has 1 aromatic rings. The minimum Gasteiger partial charge on any atom is -0.259 e. The van der Waals surface area contributed by atoms with Crippen LogP contribution in [0.15, 0.2) is 24.3 Å². The Balaban J connectivity index is 2.42. The van der Waals surface area contributed by atoms with Crippen LogP contribution in [-0.4, -0.2) is 9.96 Å². The van der Waals surface area contributed by atoms with Gasteiger partial charge in [-0.2, -0.15) is 5.26 Å². The maximum absolute atomic E-state index is 11.6. The minimum absolute atomic E-state index is 0.500. The molecule has 0 bridgehead atoms. The van der Waals surface area contributed by atoms with Crippen LogP contribution in [0.3, 0.4) is 0 Å². The van der Waals surface area contributed by atoms with Crippen LogP contribution in [0.2, 0.25) is 0 Å². The average Bonchev–Trinajstić information content (AvgIpc) is 2.18. The van der Waals surface area contributed by atoms with E-state index >= 15 is 0 Å². The Kier molecular flexibility index (Phi) is 5.06. The standard InChI is InChI=1S/C12H15NOS/c1-11-5-4-6-12(9-11)10-15(14)8-3-2-7-13/h4-6,9H,2-3,8,10H2,1H3. The lowest BCUT2D eigenvalue weighted by molar-refractivity contribution is 0.680. The van der Waals surface area contributed by atoms with Crippen molar-refractivity contribution in [2.75, 3.05) is 5.75 Å². The summed E-state index contributed by atoms with van der Waals surface area (Å²) in [7, 11) is -0.832. The fourth-order valence-corrected chi connectivity index (χ4v) is 2.53. The Bertz CT molecular complexity index is 381. The van der Waals surface area contributed by atoms with Crippen molar-refractivity contribution in [2.45, 2.75) is 25.5 Å². The molecule has 3 heteroatoms. The van der Waals surface area contributed by atoms with E-state index in [2.05, 4.69) is 12.1 Å². The third kappa shape index (κ3) is 4.75. The first-order chi connectivity index (χ1) is 7.22. The molecule has 0 N–H and O–H groups in total. The summed E-state index contributed by atoms with van der Waals surface area (Å²) in [6.07, 6.45) is 1.23.